The number of amides is 2. The number of nitrogens with one attached hydrogen (secondary N) is 2. The molecule has 0 bridgehead atoms. The van der Waals surface area contributed by atoms with Crippen LogP contribution in [0.3, 0.4) is 0 Å². The number of aliphatic hydroxyl groups is 1. The number of alkyl carbamates (subject to hydrolysis) is 1. The molecule has 38 heavy (non-hydrogen) atoms. The van der Waals surface area contributed by atoms with Gasteiger partial charge >= 0.3 is 6.09 Å². The third-order valence-corrected chi connectivity index (χ3v) is 6.37. The Labute approximate surface area is 233 Å². The van der Waals surface area contributed by atoms with Gasteiger partial charge in [0.2, 0.25) is 5.91 Å². The quantitative estimate of drug-likeness (QED) is 0.211. The molecular formula is C28H44ClN5O4. The molecule has 0 fully saturated rings. The minimum absolute atomic E-state index is 0. The Morgan fingerprint density at radius 1 is 0.974 bits per heavy atom. The molecule has 212 valence electrons. The number of benzene rings is 2. The fourth-order valence-corrected chi connectivity index (χ4v) is 4.21. The fraction of sp³-hybridized carbons (Fsp3) is 0.500. The summed E-state index contributed by atoms with van der Waals surface area (Å²) in [5, 5.41) is 18.2. The van der Waals surface area contributed by atoms with E-state index in [4.69, 9.17) is 5.84 Å². The molecule has 5 N–H and O–H groups in total. The van der Waals surface area contributed by atoms with Gasteiger partial charge < -0.3 is 25.4 Å². The third kappa shape index (κ3) is 10.5. The highest BCUT2D eigenvalue weighted by Crippen LogP contribution is 2.16. The van der Waals surface area contributed by atoms with Crippen LogP contribution in [0.15, 0.2) is 54.6 Å². The molecule has 0 radical (unpaired) electrons. The summed E-state index contributed by atoms with van der Waals surface area (Å²) < 4.78 is 4.67. The molecule has 2 unspecified atom stereocenters. The number of ether oxygens (including phenoxy) is 1. The number of rotatable bonds is 14. The van der Waals surface area contributed by atoms with E-state index in [9.17, 15) is 14.7 Å². The molecule has 2 aromatic rings. The first-order valence-corrected chi connectivity index (χ1v) is 12.9. The standard InChI is InChI=1S/C28H43N5O4.ClH/c1-6-32(7-2)23-15-13-22(14-16-23)18-33(29)19-25(34)24(17-21-11-9-8-10-12-21)30-27(35)26(20(3)4)31-28(36)37-5;/h8-16,20,24-26,34H,6-7,17-19,29H2,1-5H3,(H,30,35)(H,31,36);1H/t24?,25?,26-;/m0./s1. The predicted molar refractivity (Wildman–Crippen MR) is 154 cm³/mol. The summed E-state index contributed by atoms with van der Waals surface area (Å²) in [6.45, 7) is 10.4. The summed E-state index contributed by atoms with van der Waals surface area (Å²) in [5.41, 5.74) is 3.14. The number of anilines is 1. The predicted octanol–water partition coefficient (Wildman–Crippen LogP) is 3.10. The van der Waals surface area contributed by atoms with Crippen molar-refractivity contribution in [2.45, 2.75) is 58.8 Å². The maximum absolute atomic E-state index is 13.1. The van der Waals surface area contributed by atoms with Gasteiger partial charge in [-0.3, -0.25) is 10.6 Å². The Morgan fingerprint density at radius 3 is 2.11 bits per heavy atom. The minimum atomic E-state index is -0.949. The summed E-state index contributed by atoms with van der Waals surface area (Å²) in [6, 6.07) is 16.4. The molecule has 9 nitrogen and oxygen atoms in total. The number of carbonyl (C=O) groups is 2. The Morgan fingerprint density at radius 2 is 1.58 bits per heavy atom. The number of hydrogen-bond donors (Lipinski definition) is 4. The number of nitrogens with zero attached hydrogens (tertiary/aromatic N) is 2. The van der Waals surface area contributed by atoms with Gasteiger partial charge in [-0.2, -0.15) is 0 Å². The van der Waals surface area contributed by atoms with Gasteiger partial charge in [-0.25, -0.2) is 9.80 Å². The van der Waals surface area contributed by atoms with Crippen LogP contribution in [0.1, 0.15) is 38.8 Å². The van der Waals surface area contributed by atoms with Gasteiger partial charge in [0.1, 0.15) is 6.04 Å². The van der Waals surface area contributed by atoms with Crippen molar-refractivity contribution in [1.29, 1.82) is 0 Å². The fourth-order valence-electron chi connectivity index (χ4n) is 4.21. The van der Waals surface area contributed by atoms with Crippen molar-refractivity contribution in [2.75, 3.05) is 31.6 Å². The number of halogens is 1. The Hall–Kier alpha value is -2.85. The topological polar surface area (TPSA) is 120 Å². The van der Waals surface area contributed by atoms with Crippen LogP contribution in [-0.2, 0) is 22.5 Å². The second kappa shape index (κ2) is 16.9. The van der Waals surface area contributed by atoms with Crippen LogP contribution in [0.5, 0.6) is 0 Å². The largest absolute Gasteiger partial charge is 0.453 e. The third-order valence-electron chi connectivity index (χ3n) is 6.37. The Balaban J connectivity index is 0.00000722. The van der Waals surface area contributed by atoms with E-state index in [0.29, 0.717) is 13.0 Å². The van der Waals surface area contributed by atoms with Crippen LogP contribution < -0.4 is 21.4 Å². The molecule has 0 saturated heterocycles. The zero-order chi connectivity index (χ0) is 27.4. The number of nitrogens with two attached hydrogens (primary N) is 1. The molecule has 2 amide bonds. The second-order valence-electron chi connectivity index (χ2n) is 9.50. The van der Waals surface area contributed by atoms with Crippen LogP contribution >= 0.6 is 12.4 Å². The molecule has 3 atom stereocenters. The maximum atomic E-state index is 13.1. The van der Waals surface area contributed by atoms with Crippen molar-refractivity contribution < 1.29 is 19.4 Å². The minimum Gasteiger partial charge on any atom is -0.453 e. The highest BCUT2D eigenvalue weighted by molar-refractivity contribution is 5.86. The lowest BCUT2D eigenvalue weighted by Crippen LogP contribution is -2.56. The zero-order valence-corrected chi connectivity index (χ0v) is 23.9. The SMILES string of the molecule is CCN(CC)c1ccc(CN(N)CC(O)C(Cc2ccccc2)NC(=O)[C@@H](NC(=O)OC)C(C)C)cc1.Cl. The number of methoxy groups -OCH3 is 1. The van der Waals surface area contributed by atoms with Crippen molar-refractivity contribution in [2.24, 2.45) is 11.8 Å². The van der Waals surface area contributed by atoms with Gasteiger partial charge in [0, 0.05) is 31.9 Å². The monoisotopic (exact) mass is 549 g/mol. The first kappa shape index (κ1) is 33.2. The number of carbonyl (C=O) groups excluding carboxylic acids is 2. The lowest BCUT2D eigenvalue weighted by atomic mass is 9.98. The van der Waals surface area contributed by atoms with Gasteiger partial charge in [-0.05, 0) is 49.4 Å². The van der Waals surface area contributed by atoms with E-state index >= 15 is 0 Å². The molecule has 0 aliphatic rings. The van der Waals surface area contributed by atoms with E-state index in [2.05, 4.69) is 46.3 Å². The van der Waals surface area contributed by atoms with Gasteiger partial charge in [0.25, 0.3) is 0 Å². The molecule has 2 aromatic carbocycles. The molecule has 0 aromatic heterocycles. The molecule has 0 spiro atoms. The molecule has 0 heterocycles. The van der Waals surface area contributed by atoms with Crippen molar-refractivity contribution in [3.63, 3.8) is 0 Å². The van der Waals surface area contributed by atoms with E-state index < -0.39 is 30.2 Å². The van der Waals surface area contributed by atoms with E-state index in [0.717, 1.165) is 29.9 Å². The van der Waals surface area contributed by atoms with Gasteiger partial charge in [0.15, 0.2) is 0 Å². The summed E-state index contributed by atoms with van der Waals surface area (Å²) in [4.78, 5) is 27.1. The smallest absolute Gasteiger partial charge is 0.407 e. The van der Waals surface area contributed by atoms with Crippen LogP contribution in [0, 0.1) is 5.92 Å². The first-order chi connectivity index (χ1) is 17.7. The van der Waals surface area contributed by atoms with E-state index in [1.165, 1.54) is 7.11 Å². The normalized spacial score (nSPS) is 13.3. The first-order valence-electron chi connectivity index (χ1n) is 12.9. The summed E-state index contributed by atoms with van der Waals surface area (Å²) >= 11 is 0. The molecule has 10 heteroatoms. The van der Waals surface area contributed by atoms with Crippen molar-refractivity contribution in [1.82, 2.24) is 15.6 Å². The average molecular weight is 550 g/mol. The lowest BCUT2D eigenvalue weighted by Gasteiger charge is -2.30. The van der Waals surface area contributed by atoms with Gasteiger partial charge in [0.05, 0.1) is 19.3 Å². The summed E-state index contributed by atoms with van der Waals surface area (Å²) in [7, 11) is 1.25. The van der Waals surface area contributed by atoms with E-state index in [1.54, 1.807) is 5.01 Å². The van der Waals surface area contributed by atoms with Crippen LogP contribution in [0.4, 0.5) is 10.5 Å². The van der Waals surface area contributed by atoms with Crippen molar-refractivity contribution in [3.8, 4) is 0 Å². The number of hydrogen-bond acceptors (Lipinski definition) is 7. The zero-order valence-electron chi connectivity index (χ0n) is 23.1. The molecular weight excluding hydrogens is 506 g/mol. The van der Waals surface area contributed by atoms with Crippen LogP contribution in [0.25, 0.3) is 0 Å². The van der Waals surface area contributed by atoms with E-state index in [-0.39, 0.29) is 24.9 Å². The molecule has 0 saturated carbocycles. The second-order valence-corrected chi connectivity index (χ2v) is 9.50. The van der Waals surface area contributed by atoms with Crippen molar-refractivity contribution >= 4 is 30.1 Å². The molecule has 0 aliphatic carbocycles. The highest BCUT2D eigenvalue weighted by Gasteiger charge is 2.30. The van der Waals surface area contributed by atoms with Crippen molar-refractivity contribution in [3.05, 3.63) is 65.7 Å². The molecule has 2 rings (SSSR count). The highest BCUT2D eigenvalue weighted by atomic mass is 35.5. The molecule has 0 aliphatic heterocycles. The van der Waals surface area contributed by atoms with Crippen LogP contribution in [0.2, 0.25) is 0 Å². The maximum Gasteiger partial charge on any atom is 0.407 e. The van der Waals surface area contributed by atoms with Gasteiger partial charge in [-0.15, -0.1) is 12.4 Å². The van der Waals surface area contributed by atoms with E-state index in [1.807, 2.05) is 56.3 Å². The average Bonchev–Trinajstić information content (AvgIpc) is 2.88. The Bertz CT molecular complexity index is 957. The number of hydrazine groups is 1. The van der Waals surface area contributed by atoms with Crippen LogP contribution in [-0.4, -0.2) is 67.0 Å². The number of aliphatic hydroxyl groups excluding tert-OH is 1. The Kier molecular flexibility index (Phi) is 14.7. The van der Waals surface area contributed by atoms with Gasteiger partial charge in [-0.1, -0.05) is 56.3 Å². The summed E-state index contributed by atoms with van der Waals surface area (Å²) in [6.07, 6.45) is -1.23. The summed E-state index contributed by atoms with van der Waals surface area (Å²) in [5.74, 6) is 5.71. The lowest BCUT2D eigenvalue weighted by molar-refractivity contribution is -0.125.